The smallest absolute Gasteiger partial charge is 0.319 e. The number of phenolic OH excluding ortho intramolecular Hbond substituents is 3. The van der Waals surface area contributed by atoms with Crippen molar-refractivity contribution in [1.29, 1.82) is 0 Å². The molecule has 0 spiro atoms. The summed E-state index contributed by atoms with van der Waals surface area (Å²) in [6, 6.07) is 44.2. The van der Waals surface area contributed by atoms with E-state index in [9.17, 15) is 109 Å². The Bertz CT molecular complexity index is 6490. The largest absolute Gasteiger partial charge is 0.508 e. The van der Waals surface area contributed by atoms with Crippen LogP contribution in [-0.2, 0) is 104 Å². The van der Waals surface area contributed by atoms with E-state index in [0.717, 1.165) is 53.7 Å². The van der Waals surface area contributed by atoms with Crippen molar-refractivity contribution < 1.29 is 128 Å². The lowest BCUT2D eigenvalue weighted by Gasteiger charge is -2.46. The number of ether oxygens (including phenoxy) is 4. The van der Waals surface area contributed by atoms with Gasteiger partial charge in [0.25, 0.3) is 17.7 Å². The maximum Gasteiger partial charge on any atom is 0.319 e. The second-order valence-electron chi connectivity index (χ2n) is 34.7. The predicted octanol–water partition coefficient (Wildman–Crippen LogP) is 9.27. The van der Waals surface area contributed by atoms with Crippen LogP contribution < -0.4 is 47.4 Å². The van der Waals surface area contributed by atoms with Crippen LogP contribution in [0.5, 0.6) is 34.5 Å². The first-order valence-electron chi connectivity index (χ1n) is 43.5. The number of aromatic hydroxyl groups is 3. The van der Waals surface area contributed by atoms with Crippen LogP contribution in [0.2, 0.25) is 5.02 Å². The van der Waals surface area contributed by atoms with Crippen LogP contribution in [0.1, 0.15) is 107 Å². The Morgan fingerprint density at radius 2 is 0.701 bits per heavy atom. The number of fused-ring (bicyclic) bond motifs is 9. The van der Waals surface area contributed by atoms with E-state index in [1.54, 1.807) is 45.4 Å². The number of aliphatic hydroxyl groups is 9. The summed E-state index contributed by atoms with van der Waals surface area (Å²) in [4.78, 5) is 127. The number of amides is 3. The van der Waals surface area contributed by atoms with Gasteiger partial charge in [-0.3, -0.25) is 47.9 Å². The van der Waals surface area contributed by atoms with Crippen molar-refractivity contribution in [3.8, 4) is 67.9 Å². The molecular weight excluding hydrogens is 1750 g/mol. The highest BCUT2D eigenvalue weighted by molar-refractivity contribution is 6.30. The number of nitrogens with one attached hydrogen (secondary N) is 3. The van der Waals surface area contributed by atoms with Crippen LogP contribution in [-0.4, -0.2) is 184 Å². The number of primary amides is 3. The molecular formula is C101H99ClN6O26. The Hall–Kier alpha value is -14.3. The van der Waals surface area contributed by atoms with Gasteiger partial charge in [0.15, 0.2) is 34.2 Å². The maximum absolute atomic E-state index is 13.8. The van der Waals surface area contributed by atoms with Crippen LogP contribution in [0, 0.1) is 35.5 Å². The molecule has 3 saturated carbocycles. The molecule has 32 nitrogen and oxygen atoms in total. The number of nitrogens with two attached hydrogens (primary N) is 3. The SMILES string of the molecule is CCOC(=O)CNCc1ccc(OC)c(-c2ccc(O)c3c2C[C@H]2C[C@H]4CC(=O)C(C(N)=O)=C(O)[C@@]4(O)C(=O)C2=C3O)c1.COc1ccc(CNCCc2ccc(Cl)cc2)cc1-c1ccc(O)c2c1C[C@H]1C[C@H]3CC(=O)C(C(N)=O)=C(O)[C@@]3(O)C(=O)C1=C2O.COc1ccc(CNCCc2ccccc2)cc1-c1ccc(O)c2c1C[C@H]1C[C@H]3CC(=O)C(C(N)=O)=C(O)[C@@]3(O)C(=O)C1=C2O. The Labute approximate surface area is 772 Å². The highest BCUT2D eigenvalue weighted by Crippen LogP contribution is 2.59. The molecule has 0 aliphatic heterocycles. The van der Waals surface area contributed by atoms with Crippen molar-refractivity contribution in [3.63, 3.8) is 0 Å². The lowest BCUT2D eigenvalue weighted by Crippen LogP contribution is -2.58. The zero-order valence-electron chi connectivity index (χ0n) is 73.2. The third kappa shape index (κ3) is 16.8. The minimum Gasteiger partial charge on any atom is -0.508 e. The quantitative estimate of drug-likeness (QED) is 0.0152. The Morgan fingerprint density at radius 3 is 1.01 bits per heavy atom. The fourth-order valence-corrected chi connectivity index (χ4v) is 20.7. The first-order valence-corrected chi connectivity index (χ1v) is 43.9. The normalized spacial score (nSPS) is 22.6. The third-order valence-corrected chi connectivity index (χ3v) is 27.3. The number of methoxy groups -OCH3 is 3. The fraction of sp³-hybridized carbons (Fsp3) is 0.307. The molecule has 696 valence electrons. The number of phenols is 3. The molecule has 0 unspecified atom stereocenters. The van der Waals surface area contributed by atoms with E-state index in [0.29, 0.717) is 86.4 Å². The minimum atomic E-state index is -2.63. The molecule has 134 heavy (non-hydrogen) atoms. The number of carbonyl (C=O) groups excluding carboxylic acids is 10. The van der Waals surface area contributed by atoms with Crippen molar-refractivity contribution in [2.24, 2.45) is 52.7 Å². The molecule has 0 saturated heterocycles. The van der Waals surface area contributed by atoms with E-state index in [2.05, 4.69) is 28.1 Å². The van der Waals surface area contributed by atoms with Crippen LogP contribution >= 0.6 is 11.6 Å². The van der Waals surface area contributed by atoms with Crippen LogP contribution in [0.25, 0.3) is 50.7 Å². The van der Waals surface area contributed by atoms with E-state index >= 15 is 0 Å². The van der Waals surface area contributed by atoms with Gasteiger partial charge in [-0.15, -0.1) is 0 Å². The lowest BCUT2D eigenvalue weighted by atomic mass is 9.59. The summed E-state index contributed by atoms with van der Waals surface area (Å²) in [5.41, 5.74) is 15.8. The van der Waals surface area contributed by atoms with Gasteiger partial charge < -0.3 is 113 Å². The number of hydrogen-bond acceptors (Lipinski definition) is 29. The van der Waals surface area contributed by atoms with Crippen LogP contribution in [0.4, 0.5) is 0 Å². The predicted molar refractivity (Wildman–Crippen MR) is 487 cm³/mol. The number of rotatable bonds is 24. The molecule has 3 amide bonds. The van der Waals surface area contributed by atoms with Gasteiger partial charge in [-0.1, -0.05) is 90.5 Å². The summed E-state index contributed by atoms with van der Waals surface area (Å²) in [5, 5.41) is 144. The van der Waals surface area contributed by atoms with E-state index < -0.39 is 162 Å². The maximum atomic E-state index is 13.8. The first-order chi connectivity index (χ1) is 63.9. The Balaban J connectivity index is 0.000000153. The molecule has 0 heterocycles. The van der Waals surface area contributed by atoms with Gasteiger partial charge in [-0.2, -0.15) is 0 Å². The van der Waals surface area contributed by atoms with Crippen molar-refractivity contribution in [1.82, 2.24) is 16.0 Å². The third-order valence-electron chi connectivity index (χ3n) is 27.0. The topological polar surface area (TPSA) is 565 Å². The zero-order valence-corrected chi connectivity index (χ0v) is 74.0. The van der Waals surface area contributed by atoms with Crippen LogP contribution in [0.15, 0.2) is 196 Å². The average molecular weight is 1850 g/mol. The Kier molecular flexibility index (Phi) is 26.6. The van der Waals surface area contributed by atoms with Crippen LogP contribution in [0.3, 0.4) is 0 Å². The van der Waals surface area contributed by atoms with E-state index in [1.165, 1.54) is 30.9 Å². The summed E-state index contributed by atoms with van der Waals surface area (Å²) in [5.74, 6) is -18.9. The number of aliphatic hydroxyl groups excluding tert-OH is 6. The second kappa shape index (κ2) is 37.8. The van der Waals surface area contributed by atoms with Gasteiger partial charge >= 0.3 is 5.97 Å². The minimum absolute atomic E-state index is 0.0162. The van der Waals surface area contributed by atoms with Crippen molar-refractivity contribution in [2.45, 2.75) is 114 Å². The lowest BCUT2D eigenvalue weighted by molar-refractivity contribution is -0.148. The number of ketones is 6. The number of benzene rings is 8. The molecule has 8 aromatic carbocycles. The highest BCUT2D eigenvalue weighted by Gasteiger charge is 2.64. The highest BCUT2D eigenvalue weighted by atomic mass is 35.5. The Morgan fingerprint density at radius 1 is 0.396 bits per heavy atom. The van der Waals surface area contributed by atoms with Crippen molar-refractivity contribution >= 4 is 87.3 Å². The number of Topliss-reactive ketones (excluding diaryl/α,β-unsaturated/α-hetero) is 6. The molecule has 9 aliphatic carbocycles. The summed E-state index contributed by atoms with van der Waals surface area (Å²) in [6.07, 6.45) is 1.20. The van der Waals surface area contributed by atoms with Gasteiger partial charge in [0, 0.05) is 95.1 Å². The van der Waals surface area contributed by atoms with Gasteiger partial charge in [-0.25, -0.2) is 0 Å². The standard InChI is InChI=1S/C35H33ClN2O8.C35H34N2O8.C31H32N2O10/c1-46-27-9-4-18(16-38-11-10-17-2-5-21(36)6-3-17)12-23(27)22-7-8-25(39)29-24(22)14-19-13-20-15-26(40)30(34(37)44)33(43)35(20,45)32(42)28(19)31(29)41;1-45-27-10-7-19(17-37-12-11-18-5-3-2-4-6-18)13-23(27)22-8-9-25(38)29-24(22)15-20-14-21-16-26(39)30(34(36)43)33(42)35(21,44)32(41)28(20)31(29)40;1-3-43-23(36)13-33-12-14-4-7-22(42-2)18(8-14)17-5-6-20(34)25-19(17)10-15-9-16-11-21(35)26(30(32)40)29(39)31(16,41)28(38)24(15)27(25)37/h2-9,12,19-20,38-39,41,43,45H,10-11,13-16H2,1H3,(H2,37,44);2-10,13,20-21,37-38,40,42,44H,11-12,14-17H2,1H3,(H2,36,43);4-8,15-16,33-34,37,39,41H,3,9-13H2,1-2H3,(H2,32,40)/t19-,20+,35+;20-,21+,35+;15-,16+,31+/m111/s1. The zero-order chi connectivity index (χ0) is 96.2. The molecule has 9 aliphatic rings. The molecule has 17 rings (SSSR count). The van der Waals surface area contributed by atoms with E-state index in [1.807, 2.05) is 91.0 Å². The van der Waals surface area contributed by atoms with Gasteiger partial charge in [0.05, 0.1) is 51.2 Å². The molecule has 8 aromatic rings. The summed E-state index contributed by atoms with van der Waals surface area (Å²) < 4.78 is 21.9. The molecule has 0 radical (unpaired) electrons. The molecule has 33 heteroatoms. The monoisotopic (exact) mass is 1850 g/mol. The number of carbonyl (C=O) groups is 10. The summed E-state index contributed by atoms with van der Waals surface area (Å²) in [7, 11) is 4.60. The average Bonchev–Trinajstić information content (AvgIpc) is 0.713. The molecule has 0 aromatic heterocycles. The summed E-state index contributed by atoms with van der Waals surface area (Å²) in [6.45, 7) is 5.02. The number of hydrogen-bond donors (Lipinski definition) is 18. The first kappa shape index (κ1) is 94.4. The van der Waals surface area contributed by atoms with Gasteiger partial charge in [0.2, 0.25) is 17.3 Å². The molecule has 9 atom stereocenters. The summed E-state index contributed by atoms with van der Waals surface area (Å²) >= 11 is 5.98. The molecule has 3 fully saturated rings. The van der Waals surface area contributed by atoms with E-state index in [4.69, 9.17) is 47.7 Å². The number of esters is 1. The van der Waals surface area contributed by atoms with Gasteiger partial charge in [-0.05, 0) is 217 Å². The second-order valence-corrected chi connectivity index (χ2v) is 35.1. The van der Waals surface area contributed by atoms with Crippen molar-refractivity contribution in [2.75, 3.05) is 47.6 Å². The fourth-order valence-electron chi connectivity index (χ4n) is 20.6. The molecule has 21 N–H and O–H groups in total. The number of halogens is 1. The molecule has 0 bridgehead atoms. The van der Waals surface area contributed by atoms with Gasteiger partial charge in [0.1, 0.15) is 85.8 Å². The van der Waals surface area contributed by atoms with E-state index in [-0.39, 0.29) is 121 Å². The van der Waals surface area contributed by atoms with Crippen molar-refractivity contribution in [3.05, 3.63) is 263 Å².